The molecule has 0 radical (unpaired) electrons. The maximum absolute atomic E-state index is 11.4. The van der Waals surface area contributed by atoms with Gasteiger partial charge in [0, 0.05) is 19.7 Å². The highest BCUT2D eigenvalue weighted by atomic mass is 16.8. The number of carbonyl (C=O) groups excluding carboxylic acids is 1. The van der Waals surface area contributed by atoms with Gasteiger partial charge in [-0.15, -0.1) is 5.06 Å². The lowest BCUT2D eigenvalue weighted by molar-refractivity contribution is -0.161. The largest absolute Gasteiger partial charge is 0.528 e. The van der Waals surface area contributed by atoms with Gasteiger partial charge in [0.05, 0.1) is 0 Å². The van der Waals surface area contributed by atoms with Gasteiger partial charge in [-0.3, -0.25) is 0 Å². The molecular formula is C11H21NO4. The van der Waals surface area contributed by atoms with Crippen LogP contribution in [0.2, 0.25) is 0 Å². The van der Waals surface area contributed by atoms with Crippen molar-refractivity contribution in [3.05, 3.63) is 0 Å². The second-order valence-electron chi connectivity index (χ2n) is 5.13. The summed E-state index contributed by atoms with van der Waals surface area (Å²) in [5.41, 5.74) is -0.538. The second kappa shape index (κ2) is 5.50. The molecule has 0 bridgehead atoms. The monoisotopic (exact) mass is 231 g/mol. The fourth-order valence-corrected chi connectivity index (χ4v) is 1.63. The Morgan fingerprint density at radius 2 is 2.19 bits per heavy atom. The highest BCUT2D eigenvalue weighted by Crippen LogP contribution is 2.17. The van der Waals surface area contributed by atoms with Gasteiger partial charge in [0.15, 0.2) is 0 Å². The van der Waals surface area contributed by atoms with Gasteiger partial charge < -0.3 is 14.7 Å². The van der Waals surface area contributed by atoms with E-state index < -0.39 is 11.8 Å². The van der Waals surface area contributed by atoms with E-state index in [1.54, 1.807) is 25.8 Å². The predicted octanol–water partition coefficient (Wildman–Crippen LogP) is 1.56. The minimum atomic E-state index is -0.675. The summed E-state index contributed by atoms with van der Waals surface area (Å²) in [4.78, 5) is 16.4. The zero-order valence-electron chi connectivity index (χ0n) is 10.2. The number of rotatable bonds is 2. The average molecular weight is 231 g/mol. The molecule has 1 atom stereocenters. The summed E-state index contributed by atoms with van der Waals surface area (Å²) >= 11 is 0. The van der Waals surface area contributed by atoms with Crippen LogP contribution in [0.5, 0.6) is 0 Å². The van der Waals surface area contributed by atoms with Crippen molar-refractivity contribution in [1.82, 2.24) is 5.06 Å². The molecule has 5 nitrogen and oxygen atoms in total. The van der Waals surface area contributed by atoms with E-state index in [0.717, 1.165) is 12.8 Å². The van der Waals surface area contributed by atoms with E-state index in [2.05, 4.69) is 0 Å². The van der Waals surface area contributed by atoms with Crippen LogP contribution in [-0.2, 0) is 9.57 Å². The van der Waals surface area contributed by atoms with E-state index in [1.807, 2.05) is 0 Å². The van der Waals surface area contributed by atoms with E-state index in [0.29, 0.717) is 13.1 Å². The molecule has 94 valence electrons. The van der Waals surface area contributed by atoms with Gasteiger partial charge in [-0.2, -0.15) is 0 Å². The summed E-state index contributed by atoms with van der Waals surface area (Å²) in [6, 6.07) is 0. The van der Waals surface area contributed by atoms with E-state index in [9.17, 15) is 4.79 Å². The summed E-state index contributed by atoms with van der Waals surface area (Å²) in [6.45, 7) is 6.79. The van der Waals surface area contributed by atoms with Crippen LogP contribution in [-0.4, -0.2) is 41.6 Å². The molecule has 0 aliphatic carbocycles. The minimum absolute atomic E-state index is 0.133. The van der Waals surface area contributed by atoms with E-state index in [4.69, 9.17) is 14.7 Å². The first kappa shape index (κ1) is 13.3. The van der Waals surface area contributed by atoms with Crippen molar-refractivity contribution in [2.75, 3.05) is 19.7 Å². The number of hydrogen-bond donors (Lipinski definition) is 1. The zero-order chi connectivity index (χ0) is 12.2. The zero-order valence-corrected chi connectivity index (χ0v) is 10.2. The van der Waals surface area contributed by atoms with Crippen molar-refractivity contribution < 1.29 is 19.5 Å². The van der Waals surface area contributed by atoms with Crippen LogP contribution in [0.3, 0.4) is 0 Å². The SMILES string of the molecule is CC(C)(C)OC(=O)ON1CCCC(CO)C1. The number of piperidine rings is 1. The molecule has 0 aromatic heterocycles. The Morgan fingerprint density at radius 3 is 2.75 bits per heavy atom. The summed E-state index contributed by atoms with van der Waals surface area (Å²) in [6.07, 6.45) is 1.23. The second-order valence-corrected chi connectivity index (χ2v) is 5.13. The molecule has 1 rings (SSSR count). The third-order valence-electron chi connectivity index (χ3n) is 2.33. The van der Waals surface area contributed by atoms with E-state index in [-0.39, 0.29) is 12.5 Å². The molecule has 1 aliphatic rings. The molecule has 1 N–H and O–H groups in total. The van der Waals surface area contributed by atoms with Crippen molar-refractivity contribution >= 4 is 6.16 Å². The molecule has 16 heavy (non-hydrogen) atoms. The normalized spacial score (nSPS) is 22.9. The van der Waals surface area contributed by atoms with E-state index in [1.165, 1.54) is 0 Å². The number of nitrogens with zero attached hydrogens (tertiary/aromatic N) is 1. The van der Waals surface area contributed by atoms with Crippen LogP contribution in [0.1, 0.15) is 33.6 Å². The lowest BCUT2D eigenvalue weighted by Gasteiger charge is -2.30. The van der Waals surface area contributed by atoms with Gasteiger partial charge in [0.25, 0.3) is 0 Å². The van der Waals surface area contributed by atoms with Gasteiger partial charge in [0.2, 0.25) is 0 Å². The number of carbonyl (C=O) groups is 1. The highest BCUT2D eigenvalue weighted by Gasteiger charge is 2.25. The third kappa shape index (κ3) is 4.81. The summed E-state index contributed by atoms with van der Waals surface area (Å²) in [7, 11) is 0. The van der Waals surface area contributed by atoms with E-state index >= 15 is 0 Å². The van der Waals surface area contributed by atoms with Crippen molar-refractivity contribution in [3.63, 3.8) is 0 Å². The van der Waals surface area contributed by atoms with Crippen molar-refractivity contribution in [3.8, 4) is 0 Å². The first-order valence-corrected chi connectivity index (χ1v) is 5.67. The molecule has 0 aromatic carbocycles. The molecule has 0 spiro atoms. The maximum atomic E-state index is 11.4. The van der Waals surface area contributed by atoms with Crippen LogP contribution < -0.4 is 0 Å². The van der Waals surface area contributed by atoms with Gasteiger partial charge in [-0.1, -0.05) is 0 Å². The number of aliphatic hydroxyl groups is 1. The van der Waals surface area contributed by atoms with Crippen molar-refractivity contribution in [2.24, 2.45) is 5.92 Å². The van der Waals surface area contributed by atoms with Crippen LogP contribution in [0.15, 0.2) is 0 Å². The van der Waals surface area contributed by atoms with Crippen molar-refractivity contribution in [2.45, 2.75) is 39.2 Å². The number of ether oxygens (including phenoxy) is 1. The third-order valence-corrected chi connectivity index (χ3v) is 2.33. The standard InChI is InChI=1S/C11H21NO4/c1-11(2,3)15-10(14)16-12-6-4-5-9(7-12)8-13/h9,13H,4-8H2,1-3H3. The quantitative estimate of drug-likeness (QED) is 0.731. The first-order chi connectivity index (χ1) is 7.40. The minimum Gasteiger partial charge on any atom is -0.427 e. The number of aliphatic hydroxyl groups excluding tert-OH is 1. The Labute approximate surface area is 96.3 Å². The van der Waals surface area contributed by atoms with Gasteiger partial charge in [0.1, 0.15) is 5.60 Å². The summed E-state index contributed by atoms with van der Waals surface area (Å²) in [5.74, 6) is 0.191. The highest BCUT2D eigenvalue weighted by molar-refractivity contribution is 5.60. The van der Waals surface area contributed by atoms with Gasteiger partial charge in [-0.25, -0.2) is 4.79 Å². The Morgan fingerprint density at radius 1 is 1.50 bits per heavy atom. The average Bonchev–Trinajstić information content (AvgIpc) is 2.15. The number of hydroxylamine groups is 2. The fraction of sp³-hybridized carbons (Fsp3) is 0.909. The summed E-state index contributed by atoms with van der Waals surface area (Å²) in [5, 5.41) is 10.6. The summed E-state index contributed by atoms with van der Waals surface area (Å²) < 4.78 is 5.04. The molecule has 0 saturated carbocycles. The smallest absolute Gasteiger partial charge is 0.427 e. The molecular weight excluding hydrogens is 210 g/mol. The molecule has 1 fully saturated rings. The fourth-order valence-electron chi connectivity index (χ4n) is 1.63. The maximum Gasteiger partial charge on any atom is 0.528 e. The Bertz CT molecular complexity index is 237. The molecule has 5 heteroatoms. The van der Waals surface area contributed by atoms with Crippen LogP contribution in [0.25, 0.3) is 0 Å². The predicted molar refractivity (Wildman–Crippen MR) is 58.7 cm³/mol. The molecule has 1 heterocycles. The van der Waals surface area contributed by atoms with Crippen LogP contribution in [0.4, 0.5) is 4.79 Å². The molecule has 1 aliphatic heterocycles. The van der Waals surface area contributed by atoms with Crippen molar-refractivity contribution in [1.29, 1.82) is 0 Å². The Kier molecular flexibility index (Phi) is 4.56. The lowest BCUT2D eigenvalue weighted by Crippen LogP contribution is -2.39. The molecule has 0 amide bonds. The van der Waals surface area contributed by atoms with Gasteiger partial charge >= 0.3 is 6.16 Å². The topological polar surface area (TPSA) is 59.0 Å². The number of hydrogen-bond acceptors (Lipinski definition) is 5. The van der Waals surface area contributed by atoms with Gasteiger partial charge in [-0.05, 0) is 39.5 Å². The molecule has 0 aromatic rings. The molecule has 1 saturated heterocycles. The first-order valence-electron chi connectivity index (χ1n) is 5.67. The lowest BCUT2D eigenvalue weighted by atomic mass is 10.0. The Balaban J connectivity index is 2.33. The van der Waals surface area contributed by atoms with Crippen LogP contribution in [0, 0.1) is 5.92 Å². The van der Waals surface area contributed by atoms with Crippen LogP contribution >= 0.6 is 0 Å². The Hall–Kier alpha value is -0.810. The molecule has 1 unspecified atom stereocenters.